The summed E-state index contributed by atoms with van der Waals surface area (Å²) < 4.78 is 0. The van der Waals surface area contributed by atoms with Gasteiger partial charge < -0.3 is 4.90 Å². The number of aromatic nitrogens is 1. The number of pyridine rings is 1. The molecule has 0 saturated heterocycles. The van der Waals surface area contributed by atoms with Crippen molar-refractivity contribution in [3.8, 4) is 0 Å². The van der Waals surface area contributed by atoms with Gasteiger partial charge in [0.05, 0.1) is 0 Å². The summed E-state index contributed by atoms with van der Waals surface area (Å²) in [6.45, 7) is 7.63. The van der Waals surface area contributed by atoms with Gasteiger partial charge in [-0.05, 0) is 30.9 Å². The van der Waals surface area contributed by atoms with E-state index in [1.54, 1.807) is 0 Å². The maximum Gasteiger partial charge on any atom is 0.128 e. The molecule has 2 nitrogen and oxygen atoms in total. The van der Waals surface area contributed by atoms with Crippen LogP contribution in [0.15, 0.2) is 18.3 Å². The largest absolute Gasteiger partial charge is 0.360 e. The van der Waals surface area contributed by atoms with Crippen molar-refractivity contribution >= 4 is 5.82 Å². The van der Waals surface area contributed by atoms with E-state index in [9.17, 15) is 0 Å². The molecule has 0 N–H and O–H groups in total. The molecule has 1 heterocycles. The van der Waals surface area contributed by atoms with Gasteiger partial charge in [0, 0.05) is 19.8 Å². The maximum atomic E-state index is 4.38. The van der Waals surface area contributed by atoms with Crippen LogP contribution in [0.5, 0.6) is 0 Å². The molecule has 0 radical (unpaired) electrons. The van der Waals surface area contributed by atoms with Crippen molar-refractivity contribution in [2.24, 2.45) is 5.92 Å². The van der Waals surface area contributed by atoms with Crippen molar-refractivity contribution in [1.29, 1.82) is 0 Å². The summed E-state index contributed by atoms with van der Waals surface area (Å²) in [6.07, 6.45) is 3.13. The van der Waals surface area contributed by atoms with Crippen molar-refractivity contribution in [2.45, 2.75) is 27.2 Å². The smallest absolute Gasteiger partial charge is 0.128 e. The fourth-order valence-corrected chi connectivity index (χ4v) is 1.25. The zero-order chi connectivity index (χ0) is 10.6. The van der Waals surface area contributed by atoms with Crippen molar-refractivity contribution in [1.82, 2.24) is 4.98 Å². The van der Waals surface area contributed by atoms with Crippen molar-refractivity contribution in [3.05, 3.63) is 23.9 Å². The van der Waals surface area contributed by atoms with E-state index in [2.05, 4.69) is 49.8 Å². The minimum atomic E-state index is 0.753. The highest BCUT2D eigenvalue weighted by atomic mass is 15.2. The Hall–Kier alpha value is -1.05. The van der Waals surface area contributed by atoms with Gasteiger partial charge in [-0.25, -0.2) is 4.98 Å². The van der Waals surface area contributed by atoms with Crippen LogP contribution in [0.2, 0.25) is 0 Å². The summed E-state index contributed by atoms with van der Waals surface area (Å²) in [4.78, 5) is 6.59. The molecule has 0 atom stereocenters. The first-order valence-corrected chi connectivity index (χ1v) is 5.23. The molecule has 0 aliphatic heterocycles. The number of hydrogen-bond acceptors (Lipinski definition) is 2. The Morgan fingerprint density at radius 2 is 2.07 bits per heavy atom. The third-order valence-corrected chi connectivity index (χ3v) is 2.33. The second kappa shape index (κ2) is 4.99. The Morgan fingerprint density at radius 3 is 2.57 bits per heavy atom. The van der Waals surface area contributed by atoms with Gasteiger partial charge in [0.1, 0.15) is 5.82 Å². The second-order valence-corrected chi connectivity index (χ2v) is 4.30. The van der Waals surface area contributed by atoms with Gasteiger partial charge in [0.25, 0.3) is 0 Å². The fourth-order valence-electron chi connectivity index (χ4n) is 1.25. The molecule has 0 aliphatic carbocycles. The monoisotopic (exact) mass is 192 g/mol. The molecule has 0 fully saturated rings. The first-order chi connectivity index (χ1) is 6.59. The standard InChI is InChI=1S/C12H20N2/c1-10(2)7-8-14(4)12-6-5-11(3)9-13-12/h5-6,9-10H,7-8H2,1-4H3. The summed E-state index contributed by atoms with van der Waals surface area (Å²) in [5.41, 5.74) is 1.21. The SMILES string of the molecule is Cc1ccc(N(C)CCC(C)C)nc1. The number of hydrogen-bond donors (Lipinski definition) is 0. The summed E-state index contributed by atoms with van der Waals surface area (Å²) in [5.74, 6) is 1.82. The first kappa shape index (κ1) is 11.0. The van der Waals surface area contributed by atoms with Crippen LogP contribution >= 0.6 is 0 Å². The highest BCUT2D eigenvalue weighted by Crippen LogP contribution is 2.10. The van der Waals surface area contributed by atoms with E-state index in [-0.39, 0.29) is 0 Å². The number of anilines is 1. The Morgan fingerprint density at radius 1 is 1.36 bits per heavy atom. The van der Waals surface area contributed by atoms with Gasteiger partial charge in [-0.3, -0.25) is 0 Å². The minimum Gasteiger partial charge on any atom is -0.360 e. The summed E-state index contributed by atoms with van der Waals surface area (Å²) in [7, 11) is 2.10. The Labute approximate surface area is 87.0 Å². The lowest BCUT2D eigenvalue weighted by Crippen LogP contribution is -2.20. The average molecular weight is 192 g/mol. The topological polar surface area (TPSA) is 16.1 Å². The Kier molecular flexibility index (Phi) is 3.93. The van der Waals surface area contributed by atoms with Crippen molar-refractivity contribution in [2.75, 3.05) is 18.5 Å². The van der Waals surface area contributed by atoms with E-state index >= 15 is 0 Å². The molecule has 0 unspecified atom stereocenters. The summed E-state index contributed by atoms with van der Waals surface area (Å²) in [5, 5.41) is 0. The van der Waals surface area contributed by atoms with Crippen LogP contribution in [0.4, 0.5) is 5.82 Å². The van der Waals surface area contributed by atoms with E-state index in [1.165, 1.54) is 12.0 Å². The average Bonchev–Trinajstić information content (AvgIpc) is 2.15. The van der Waals surface area contributed by atoms with E-state index < -0.39 is 0 Å². The lowest BCUT2D eigenvalue weighted by atomic mass is 10.1. The van der Waals surface area contributed by atoms with Gasteiger partial charge in [-0.2, -0.15) is 0 Å². The molecule has 1 aromatic heterocycles. The predicted molar refractivity (Wildman–Crippen MR) is 61.7 cm³/mol. The molecule has 0 aliphatic rings. The van der Waals surface area contributed by atoms with Crippen LogP contribution in [0.1, 0.15) is 25.8 Å². The lowest BCUT2D eigenvalue weighted by Gasteiger charge is -2.19. The number of rotatable bonds is 4. The zero-order valence-electron chi connectivity index (χ0n) is 9.62. The van der Waals surface area contributed by atoms with Gasteiger partial charge in [0.2, 0.25) is 0 Å². The van der Waals surface area contributed by atoms with E-state index in [0.717, 1.165) is 18.3 Å². The Balaban J connectivity index is 2.52. The molecule has 14 heavy (non-hydrogen) atoms. The lowest BCUT2D eigenvalue weighted by molar-refractivity contribution is 0.583. The van der Waals surface area contributed by atoms with Gasteiger partial charge in [-0.1, -0.05) is 19.9 Å². The van der Waals surface area contributed by atoms with Crippen LogP contribution in [-0.4, -0.2) is 18.6 Å². The maximum absolute atomic E-state index is 4.38. The highest BCUT2D eigenvalue weighted by Gasteiger charge is 2.02. The third-order valence-electron chi connectivity index (χ3n) is 2.33. The fraction of sp³-hybridized carbons (Fsp3) is 0.583. The van der Waals surface area contributed by atoms with Crippen molar-refractivity contribution in [3.63, 3.8) is 0 Å². The molecular formula is C12H20N2. The van der Waals surface area contributed by atoms with Crippen LogP contribution < -0.4 is 4.90 Å². The van der Waals surface area contributed by atoms with Gasteiger partial charge >= 0.3 is 0 Å². The molecule has 0 bridgehead atoms. The van der Waals surface area contributed by atoms with Crippen LogP contribution in [0, 0.1) is 12.8 Å². The minimum absolute atomic E-state index is 0.753. The molecule has 1 rings (SSSR count). The number of aryl methyl sites for hydroxylation is 1. The van der Waals surface area contributed by atoms with Gasteiger partial charge in [0.15, 0.2) is 0 Å². The molecule has 1 aromatic rings. The van der Waals surface area contributed by atoms with Crippen LogP contribution in [0.3, 0.4) is 0 Å². The molecule has 0 aromatic carbocycles. The molecule has 0 spiro atoms. The molecular weight excluding hydrogens is 172 g/mol. The van der Waals surface area contributed by atoms with E-state index in [4.69, 9.17) is 0 Å². The quantitative estimate of drug-likeness (QED) is 0.729. The van der Waals surface area contributed by atoms with Gasteiger partial charge in [-0.15, -0.1) is 0 Å². The number of nitrogens with zero attached hydrogens (tertiary/aromatic N) is 2. The van der Waals surface area contributed by atoms with Crippen LogP contribution in [-0.2, 0) is 0 Å². The van der Waals surface area contributed by atoms with Crippen molar-refractivity contribution < 1.29 is 0 Å². The summed E-state index contributed by atoms with van der Waals surface area (Å²) in [6, 6.07) is 4.18. The highest BCUT2D eigenvalue weighted by molar-refractivity contribution is 5.37. The first-order valence-electron chi connectivity index (χ1n) is 5.23. The van der Waals surface area contributed by atoms with Crippen LogP contribution in [0.25, 0.3) is 0 Å². The van der Waals surface area contributed by atoms with E-state index in [1.807, 2.05) is 6.20 Å². The molecule has 78 valence electrons. The second-order valence-electron chi connectivity index (χ2n) is 4.30. The van der Waals surface area contributed by atoms with E-state index in [0.29, 0.717) is 0 Å². The summed E-state index contributed by atoms with van der Waals surface area (Å²) >= 11 is 0. The normalized spacial score (nSPS) is 10.6. The molecule has 0 saturated carbocycles. The molecule has 2 heteroatoms. The Bertz CT molecular complexity index is 264. The third kappa shape index (κ3) is 3.36. The zero-order valence-corrected chi connectivity index (χ0v) is 9.62. The molecule has 0 amide bonds. The predicted octanol–water partition coefficient (Wildman–Crippen LogP) is 2.87.